The minimum absolute atomic E-state index is 0.0523. The van der Waals surface area contributed by atoms with Crippen molar-refractivity contribution >= 4 is 22.8 Å². The Morgan fingerprint density at radius 2 is 2.03 bits per heavy atom. The molecule has 1 fully saturated rings. The van der Waals surface area contributed by atoms with Crippen LogP contribution in [0.5, 0.6) is 0 Å². The van der Waals surface area contributed by atoms with Crippen LogP contribution in [0.25, 0.3) is 27.8 Å². The summed E-state index contributed by atoms with van der Waals surface area (Å²) in [6, 6.07) is 9.27. The molecule has 1 aliphatic rings. The SMILES string of the molecule is CN1CCC(C#Cc2cccc(-n3nc(C(N)=O)c4cc(-c5cnn(C)c5)cnc43)c2)C1=O. The van der Waals surface area contributed by atoms with Gasteiger partial charge in [0.1, 0.15) is 5.92 Å². The van der Waals surface area contributed by atoms with E-state index in [1.54, 1.807) is 33.7 Å². The third-order valence-corrected chi connectivity index (χ3v) is 5.70. The molecule has 0 bridgehead atoms. The highest BCUT2D eigenvalue weighted by molar-refractivity contribution is 6.04. The molecular formula is C24H21N7O2. The predicted molar refractivity (Wildman–Crippen MR) is 122 cm³/mol. The summed E-state index contributed by atoms with van der Waals surface area (Å²) in [6.45, 7) is 0.722. The molecule has 1 saturated heterocycles. The maximum absolute atomic E-state index is 12.1. The van der Waals surface area contributed by atoms with Gasteiger partial charge in [0.2, 0.25) is 5.91 Å². The number of pyridine rings is 1. The van der Waals surface area contributed by atoms with E-state index in [4.69, 9.17) is 5.73 Å². The van der Waals surface area contributed by atoms with Gasteiger partial charge in [-0.15, -0.1) is 0 Å². The van der Waals surface area contributed by atoms with Gasteiger partial charge in [-0.2, -0.15) is 10.2 Å². The molecule has 0 saturated carbocycles. The van der Waals surface area contributed by atoms with Crippen molar-refractivity contribution in [3.63, 3.8) is 0 Å². The quantitative estimate of drug-likeness (QED) is 0.489. The molecule has 0 spiro atoms. The zero-order chi connectivity index (χ0) is 23.1. The van der Waals surface area contributed by atoms with Crippen LogP contribution in [0.1, 0.15) is 22.5 Å². The third-order valence-electron chi connectivity index (χ3n) is 5.70. The Hall–Kier alpha value is -4.45. The molecule has 2 N–H and O–H groups in total. The molecule has 4 aromatic rings. The van der Waals surface area contributed by atoms with Gasteiger partial charge < -0.3 is 10.6 Å². The van der Waals surface area contributed by atoms with Crippen molar-refractivity contribution in [2.75, 3.05) is 13.6 Å². The molecule has 1 unspecified atom stereocenters. The average molecular weight is 439 g/mol. The standard InChI is InChI=1S/C24H21N7O2/c1-29-9-8-16(24(29)33)7-6-15-4-3-5-19(10-15)31-23-20(21(28-31)22(25)32)11-17(12-26-23)18-13-27-30(2)14-18/h3-5,10-14,16H,8-9H2,1-2H3,(H2,25,32). The molecule has 9 nitrogen and oxygen atoms in total. The summed E-state index contributed by atoms with van der Waals surface area (Å²) < 4.78 is 3.28. The summed E-state index contributed by atoms with van der Waals surface area (Å²) in [5.74, 6) is 5.31. The van der Waals surface area contributed by atoms with E-state index in [-0.39, 0.29) is 17.5 Å². The molecule has 0 radical (unpaired) electrons. The number of aryl methyl sites for hydroxylation is 1. The van der Waals surface area contributed by atoms with Crippen molar-refractivity contribution in [3.8, 4) is 28.7 Å². The van der Waals surface area contributed by atoms with E-state index in [2.05, 4.69) is 27.0 Å². The Labute approximate surface area is 189 Å². The lowest BCUT2D eigenvalue weighted by Gasteiger charge is -2.05. The van der Waals surface area contributed by atoms with Crippen LogP contribution >= 0.6 is 0 Å². The third kappa shape index (κ3) is 3.72. The first kappa shape index (κ1) is 20.5. The number of nitrogens with two attached hydrogens (primary N) is 1. The van der Waals surface area contributed by atoms with Crippen LogP contribution in [0.2, 0.25) is 0 Å². The number of amides is 2. The molecule has 1 aromatic carbocycles. The topological polar surface area (TPSA) is 112 Å². The highest BCUT2D eigenvalue weighted by Gasteiger charge is 2.27. The highest BCUT2D eigenvalue weighted by atomic mass is 16.2. The number of primary amides is 1. The Morgan fingerprint density at radius 1 is 1.18 bits per heavy atom. The fourth-order valence-corrected chi connectivity index (χ4v) is 3.93. The molecule has 9 heteroatoms. The lowest BCUT2D eigenvalue weighted by atomic mass is 10.1. The van der Waals surface area contributed by atoms with Crippen LogP contribution in [0.3, 0.4) is 0 Å². The second-order valence-corrected chi connectivity index (χ2v) is 8.04. The Bertz CT molecular complexity index is 1470. The number of hydrogen-bond acceptors (Lipinski definition) is 5. The number of carbonyl (C=O) groups excluding carboxylic acids is 2. The fourth-order valence-electron chi connectivity index (χ4n) is 3.93. The number of carbonyl (C=O) groups is 2. The number of aromatic nitrogens is 5. The van der Waals surface area contributed by atoms with Gasteiger partial charge in [0.25, 0.3) is 5.91 Å². The van der Waals surface area contributed by atoms with E-state index in [0.29, 0.717) is 16.7 Å². The maximum Gasteiger partial charge on any atom is 0.269 e. The molecular weight excluding hydrogens is 418 g/mol. The normalized spacial score (nSPS) is 15.6. The van der Waals surface area contributed by atoms with Crippen molar-refractivity contribution in [3.05, 3.63) is 60.2 Å². The molecule has 5 rings (SSSR count). The first-order chi connectivity index (χ1) is 15.9. The highest BCUT2D eigenvalue weighted by Crippen LogP contribution is 2.26. The van der Waals surface area contributed by atoms with Crippen LogP contribution in [0, 0.1) is 17.8 Å². The largest absolute Gasteiger partial charge is 0.364 e. The lowest BCUT2D eigenvalue weighted by Crippen LogP contribution is -2.21. The van der Waals surface area contributed by atoms with E-state index >= 15 is 0 Å². The van der Waals surface area contributed by atoms with Crippen molar-refractivity contribution in [1.29, 1.82) is 0 Å². The number of rotatable bonds is 3. The molecule has 2 amide bonds. The zero-order valence-corrected chi connectivity index (χ0v) is 18.2. The van der Waals surface area contributed by atoms with Crippen molar-refractivity contribution < 1.29 is 9.59 Å². The Kier molecular flexibility index (Phi) is 4.90. The van der Waals surface area contributed by atoms with Gasteiger partial charge >= 0.3 is 0 Å². The molecule has 0 aliphatic carbocycles. The summed E-state index contributed by atoms with van der Waals surface area (Å²) in [6.07, 6.45) is 6.05. The van der Waals surface area contributed by atoms with Gasteiger partial charge in [0, 0.05) is 49.7 Å². The van der Waals surface area contributed by atoms with Gasteiger partial charge in [-0.05, 0) is 30.7 Å². The van der Waals surface area contributed by atoms with Crippen molar-refractivity contribution in [2.24, 2.45) is 18.7 Å². The Morgan fingerprint density at radius 3 is 2.73 bits per heavy atom. The minimum Gasteiger partial charge on any atom is -0.364 e. The monoisotopic (exact) mass is 439 g/mol. The number of likely N-dealkylation sites (tertiary alicyclic amines) is 1. The fraction of sp³-hybridized carbons (Fsp3) is 0.208. The van der Waals surface area contributed by atoms with Crippen molar-refractivity contribution in [1.82, 2.24) is 29.4 Å². The summed E-state index contributed by atoms with van der Waals surface area (Å²) in [4.78, 5) is 30.5. The zero-order valence-electron chi connectivity index (χ0n) is 18.2. The lowest BCUT2D eigenvalue weighted by molar-refractivity contribution is -0.128. The van der Waals surface area contributed by atoms with Crippen LogP contribution in [0.4, 0.5) is 0 Å². The van der Waals surface area contributed by atoms with Gasteiger partial charge in [-0.1, -0.05) is 17.9 Å². The van der Waals surface area contributed by atoms with E-state index in [1.165, 1.54) is 0 Å². The van der Waals surface area contributed by atoms with Crippen LogP contribution in [0.15, 0.2) is 48.9 Å². The van der Waals surface area contributed by atoms with E-state index in [1.807, 2.05) is 43.6 Å². The second-order valence-electron chi connectivity index (χ2n) is 8.04. The average Bonchev–Trinajstić information content (AvgIpc) is 3.50. The van der Waals surface area contributed by atoms with Gasteiger partial charge in [-0.25, -0.2) is 9.67 Å². The van der Waals surface area contributed by atoms with Gasteiger partial charge in [0.15, 0.2) is 11.3 Å². The van der Waals surface area contributed by atoms with E-state index in [0.717, 1.165) is 29.7 Å². The maximum atomic E-state index is 12.1. The molecule has 4 heterocycles. The number of fused-ring (bicyclic) bond motifs is 1. The summed E-state index contributed by atoms with van der Waals surface area (Å²) in [7, 11) is 3.62. The van der Waals surface area contributed by atoms with Crippen LogP contribution < -0.4 is 5.73 Å². The Balaban J connectivity index is 1.56. The predicted octanol–water partition coefficient (Wildman–Crippen LogP) is 1.75. The van der Waals surface area contributed by atoms with Crippen LogP contribution in [-0.4, -0.2) is 54.9 Å². The molecule has 1 atom stereocenters. The molecule has 33 heavy (non-hydrogen) atoms. The molecule has 1 aliphatic heterocycles. The minimum atomic E-state index is -0.635. The summed E-state index contributed by atoms with van der Waals surface area (Å²) in [5, 5.41) is 9.19. The first-order valence-electron chi connectivity index (χ1n) is 10.5. The smallest absolute Gasteiger partial charge is 0.269 e. The van der Waals surface area contributed by atoms with Gasteiger partial charge in [0.05, 0.1) is 17.3 Å². The van der Waals surface area contributed by atoms with E-state index < -0.39 is 5.91 Å². The molecule has 164 valence electrons. The summed E-state index contributed by atoms with van der Waals surface area (Å²) in [5.41, 5.74) is 9.38. The first-order valence-corrected chi connectivity index (χ1v) is 10.5. The van der Waals surface area contributed by atoms with E-state index in [9.17, 15) is 9.59 Å². The van der Waals surface area contributed by atoms with Crippen LogP contribution in [-0.2, 0) is 11.8 Å². The van der Waals surface area contributed by atoms with Crippen molar-refractivity contribution in [2.45, 2.75) is 6.42 Å². The summed E-state index contributed by atoms with van der Waals surface area (Å²) >= 11 is 0. The second kappa shape index (κ2) is 7.91. The molecule has 3 aromatic heterocycles. The van der Waals surface area contributed by atoms with Gasteiger partial charge in [-0.3, -0.25) is 14.3 Å². The number of benzene rings is 1. The number of nitrogens with zero attached hydrogens (tertiary/aromatic N) is 6. The number of hydrogen-bond donors (Lipinski definition) is 1.